The van der Waals surface area contributed by atoms with Crippen LogP contribution in [-0.2, 0) is 14.8 Å². The van der Waals surface area contributed by atoms with E-state index in [-0.39, 0.29) is 15.7 Å². The standard InChI is InChI=1S/C14H11ClF2N2O4S/c15-12-7-11(5-6-13(12)17)24(21,22)19-18-14(20)8-23-10-3-1-9(16)2-4-10/h1-7,19H,8H2,(H,18,20). The number of nitrogens with one attached hydrogen (secondary N) is 2. The van der Waals surface area contributed by atoms with Crippen molar-refractivity contribution in [2.24, 2.45) is 0 Å². The zero-order valence-corrected chi connectivity index (χ0v) is 13.5. The lowest BCUT2D eigenvalue weighted by molar-refractivity contribution is -0.123. The Balaban J connectivity index is 1.90. The first-order valence-corrected chi connectivity index (χ1v) is 8.28. The molecule has 1 amide bonds. The van der Waals surface area contributed by atoms with Crippen molar-refractivity contribution in [3.8, 4) is 5.75 Å². The molecule has 0 spiro atoms. The molecular formula is C14H11ClF2N2O4S. The number of hydrazine groups is 1. The van der Waals surface area contributed by atoms with Crippen molar-refractivity contribution in [2.75, 3.05) is 6.61 Å². The first-order valence-electron chi connectivity index (χ1n) is 6.42. The average Bonchev–Trinajstić information content (AvgIpc) is 2.55. The summed E-state index contributed by atoms with van der Waals surface area (Å²) in [7, 11) is -4.12. The van der Waals surface area contributed by atoms with Crippen LogP contribution in [-0.4, -0.2) is 20.9 Å². The van der Waals surface area contributed by atoms with Gasteiger partial charge in [0.15, 0.2) is 6.61 Å². The van der Waals surface area contributed by atoms with Gasteiger partial charge in [-0.2, -0.15) is 0 Å². The SMILES string of the molecule is O=C(COc1ccc(F)cc1)NNS(=O)(=O)c1ccc(F)c(Cl)c1. The third-order valence-corrected chi connectivity index (χ3v) is 4.24. The first-order chi connectivity index (χ1) is 11.3. The van der Waals surface area contributed by atoms with Gasteiger partial charge in [-0.3, -0.25) is 10.2 Å². The smallest absolute Gasteiger partial charge is 0.272 e. The van der Waals surface area contributed by atoms with Gasteiger partial charge in [0.2, 0.25) is 0 Å². The molecule has 2 aromatic rings. The lowest BCUT2D eigenvalue weighted by Crippen LogP contribution is -2.43. The maximum atomic E-state index is 13.0. The Morgan fingerprint density at radius 2 is 1.79 bits per heavy atom. The summed E-state index contributed by atoms with van der Waals surface area (Å²) in [5, 5.41) is -0.371. The van der Waals surface area contributed by atoms with Gasteiger partial charge in [-0.25, -0.2) is 17.2 Å². The molecule has 6 nitrogen and oxygen atoms in total. The maximum Gasteiger partial charge on any atom is 0.272 e. The predicted molar refractivity (Wildman–Crippen MR) is 81.8 cm³/mol. The van der Waals surface area contributed by atoms with Crippen LogP contribution in [0.25, 0.3) is 0 Å². The highest BCUT2D eigenvalue weighted by atomic mass is 35.5. The van der Waals surface area contributed by atoms with Crippen molar-refractivity contribution >= 4 is 27.5 Å². The molecule has 0 aromatic heterocycles. The average molecular weight is 377 g/mol. The Morgan fingerprint density at radius 3 is 2.42 bits per heavy atom. The number of carbonyl (C=O) groups excluding carboxylic acids is 1. The van der Waals surface area contributed by atoms with Crippen LogP contribution in [0.5, 0.6) is 5.75 Å². The fourth-order valence-electron chi connectivity index (χ4n) is 1.54. The molecular weight excluding hydrogens is 366 g/mol. The molecule has 0 radical (unpaired) electrons. The van der Waals surface area contributed by atoms with Crippen molar-refractivity contribution in [1.29, 1.82) is 0 Å². The molecule has 2 N–H and O–H groups in total. The van der Waals surface area contributed by atoms with Crippen LogP contribution in [0.4, 0.5) is 8.78 Å². The summed E-state index contributed by atoms with van der Waals surface area (Å²) in [6.07, 6.45) is 0. The third-order valence-electron chi connectivity index (χ3n) is 2.71. The zero-order valence-electron chi connectivity index (χ0n) is 11.9. The number of halogens is 3. The summed E-state index contributed by atoms with van der Waals surface area (Å²) in [6.45, 7) is -0.502. The maximum absolute atomic E-state index is 13.0. The van der Waals surface area contributed by atoms with Gasteiger partial charge in [-0.05, 0) is 42.5 Å². The second kappa shape index (κ2) is 7.56. The number of carbonyl (C=O) groups is 1. The van der Waals surface area contributed by atoms with E-state index in [0.29, 0.717) is 0 Å². The van der Waals surface area contributed by atoms with Gasteiger partial charge in [0.05, 0.1) is 9.92 Å². The summed E-state index contributed by atoms with van der Waals surface area (Å²) in [4.78, 5) is 13.1. The monoisotopic (exact) mass is 376 g/mol. The number of hydrogen-bond donors (Lipinski definition) is 2. The van der Waals surface area contributed by atoms with E-state index in [9.17, 15) is 22.0 Å². The lowest BCUT2D eigenvalue weighted by atomic mass is 10.3. The highest BCUT2D eigenvalue weighted by Crippen LogP contribution is 2.18. The van der Waals surface area contributed by atoms with Crippen LogP contribution in [0.15, 0.2) is 47.4 Å². The second-order valence-corrected chi connectivity index (χ2v) is 6.56. The molecule has 0 aliphatic rings. The molecule has 10 heteroatoms. The topological polar surface area (TPSA) is 84.5 Å². The summed E-state index contributed by atoms with van der Waals surface area (Å²) in [5.74, 6) is -1.79. The number of hydrogen-bond acceptors (Lipinski definition) is 4. The Morgan fingerprint density at radius 1 is 1.12 bits per heavy atom. The van der Waals surface area contributed by atoms with Crippen LogP contribution in [0.1, 0.15) is 0 Å². The molecule has 24 heavy (non-hydrogen) atoms. The van der Waals surface area contributed by atoms with E-state index in [1.165, 1.54) is 12.1 Å². The van der Waals surface area contributed by atoms with Crippen LogP contribution in [0.3, 0.4) is 0 Å². The van der Waals surface area contributed by atoms with Crippen molar-refractivity contribution in [2.45, 2.75) is 4.90 Å². The summed E-state index contributed by atoms with van der Waals surface area (Å²) < 4.78 is 54.6. The fraction of sp³-hybridized carbons (Fsp3) is 0.0714. The molecule has 0 unspecified atom stereocenters. The Bertz CT molecular complexity index is 844. The normalized spacial score (nSPS) is 11.1. The fourth-order valence-corrected chi connectivity index (χ4v) is 2.67. The van der Waals surface area contributed by atoms with Gasteiger partial charge in [-0.15, -0.1) is 4.83 Å². The number of benzene rings is 2. The molecule has 0 fully saturated rings. The molecule has 128 valence electrons. The van der Waals surface area contributed by atoms with Crippen molar-refractivity contribution in [3.63, 3.8) is 0 Å². The molecule has 0 bridgehead atoms. The highest BCUT2D eigenvalue weighted by Gasteiger charge is 2.17. The predicted octanol–water partition coefficient (Wildman–Crippen LogP) is 2.01. The minimum Gasteiger partial charge on any atom is -0.484 e. The Kier molecular flexibility index (Phi) is 5.71. The van der Waals surface area contributed by atoms with E-state index in [1.54, 1.807) is 0 Å². The van der Waals surface area contributed by atoms with Gasteiger partial charge in [-0.1, -0.05) is 11.6 Å². The lowest BCUT2D eigenvalue weighted by Gasteiger charge is -2.10. The molecule has 0 heterocycles. The summed E-state index contributed by atoms with van der Waals surface area (Å²) in [5.41, 5.74) is 1.92. The number of rotatable bonds is 6. The van der Waals surface area contributed by atoms with Gasteiger partial charge in [0, 0.05) is 0 Å². The quantitative estimate of drug-likeness (QED) is 0.755. The van der Waals surface area contributed by atoms with Crippen LogP contribution >= 0.6 is 11.6 Å². The first kappa shape index (κ1) is 18.1. The number of amides is 1. The van der Waals surface area contributed by atoms with Crippen molar-refractivity contribution in [3.05, 3.63) is 59.1 Å². The van der Waals surface area contributed by atoms with Gasteiger partial charge >= 0.3 is 0 Å². The van der Waals surface area contributed by atoms with E-state index in [4.69, 9.17) is 16.3 Å². The van der Waals surface area contributed by atoms with Crippen LogP contribution in [0, 0.1) is 11.6 Å². The van der Waals surface area contributed by atoms with E-state index < -0.39 is 34.2 Å². The molecule has 0 saturated heterocycles. The summed E-state index contributed by atoms with van der Waals surface area (Å²) >= 11 is 5.51. The molecule has 0 saturated carbocycles. The molecule has 2 aromatic carbocycles. The van der Waals surface area contributed by atoms with Gasteiger partial charge < -0.3 is 4.74 Å². The van der Waals surface area contributed by atoms with E-state index in [2.05, 4.69) is 0 Å². The van der Waals surface area contributed by atoms with Crippen LogP contribution in [0.2, 0.25) is 5.02 Å². The van der Waals surface area contributed by atoms with Gasteiger partial charge in [0.25, 0.3) is 15.9 Å². The number of sulfonamides is 1. The van der Waals surface area contributed by atoms with Crippen molar-refractivity contribution in [1.82, 2.24) is 10.3 Å². The molecule has 2 rings (SSSR count). The molecule has 0 atom stereocenters. The largest absolute Gasteiger partial charge is 0.484 e. The molecule has 0 aliphatic heterocycles. The number of ether oxygens (including phenoxy) is 1. The van der Waals surface area contributed by atoms with Gasteiger partial charge in [0.1, 0.15) is 17.4 Å². The second-order valence-electron chi connectivity index (χ2n) is 4.47. The highest BCUT2D eigenvalue weighted by molar-refractivity contribution is 7.89. The summed E-state index contributed by atoms with van der Waals surface area (Å²) in [6, 6.07) is 7.70. The van der Waals surface area contributed by atoms with Crippen molar-refractivity contribution < 1.29 is 26.7 Å². The van der Waals surface area contributed by atoms with Crippen LogP contribution < -0.4 is 15.0 Å². The minimum atomic E-state index is -4.12. The molecule has 0 aliphatic carbocycles. The Labute approximate surface area is 141 Å². The minimum absolute atomic E-state index is 0.236. The third kappa shape index (κ3) is 4.88. The zero-order chi connectivity index (χ0) is 17.7. The van der Waals surface area contributed by atoms with E-state index in [0.717, 1.165) is 30.3 Å². The Hall–Kier alpha value is -2.23. The van der Waals surface area contributed by atoms with E-state index >= 15 is 0 Å². The van der Waals surface area contributed by atoms with E-state index in [1.807, 2.05) is 10.3 Å².